The molecule has 0 spiro atoms. The molecule has 3 aromatic rings. The van der Waals surface area contributed by atoms with Crippen molar-refractivity contribution in [3.63, 3.8) is 0 Å². The van der Waals surface area contributed by atoms with Gasteiger partial charge in [0.05, 0.1) is 22.5 Å². The first-order valence-electron chi connectivity index (χ1n) is 7.90. The highest BCUT2D eigenvalue weighted by atomic mass is 35.5. The van der Waals surface area contributed by atoms with E-state index < -0.39 is 0 Å². The molecule has 1 heterocycles. The van der Waals surface area contributed by atoms with Gasteiger partial charge in [-0.05, 0) is 29.8 Å². The number of halogens is 1. The summed E-state index contributed by atoms with van der Waals surface area (Å²) in [5, 5.41) is 3.23. The molecule has 0 aliphatic carbocycles. The van der Waals surface area contributed by atoms with E-state index in [0.717, 1.165) is 12.4 Å². The van der Waals surface area contributed by atoms with E-state index in [1.807, 2.05) is 37.4 Å². The van der Waals surface area contributed by atoms with Gasteiger partial charge in [-0.25, -0.2) is 4.98 Å². The maximum Gasteiger partial charge on any atom is 0.257 e. The van der Waals surface area contributed by atoms with Crippen LogP contribution in [0, 0.1) is 0 Å². The maximum absolute atomic E-state index is 12.3. The highest BCUT2D eigenvalue weighted by molar-refractivity contribution is 6.34. The molecule has 25 heavy (non-hydrogen) atoms. The lowest BCUT2D eigenvalue weighted by molar-refractivity contribution is 0.102. The number of hydrogen-bond donors (Lipinski definition) is 1. The molecule has 0 fully saturated rings. The van der Waals surface area contributed by atoms with Crippen molar-refractivity contribution in [2.45, 2.75) is 6.54 Å². The van der Waals surface area contributed by atoms with E-state index in [0.29, 0.717) is 16.3 Å². The molecule has 0 bridgehead atoms. The summed E-state index contributed by atoms with van der Waals surface area (Å²) >= 11 is 6.05. The first-order valence-corrected chi connectivity index (χ1v) is 8.28. The Labute approximate surface area is 152 Å². The number of benzene rings is 2. The fourth-order valence-corrected chi connectivity index (χ4v) is 2.69. The van der Waals surface area contributed by atoms with Gasteiger partial charge in [0.2, 0.25) is 0 Å². The van der Waals surface area contributed by atoms with Gasteiger partial charge in [-0.2, -0.15) is 0 Å². The van der Waals surface area contributed by atoms with Crippen molar-refractivity contribution in [2.24, 2.45) is 0 Å². The molecule has 3 rings (SSSR count). The molecule has 1 amide bonds. The molecule has 0 aliphatic rings. The molecule has 0 saturated heterocycles. The molecule has 4 nitrogen and oxygen atoms in total. The highest BCUT2D eigenvalue weighted by Gasteiger charge is 2.10. The molecule has 126 valence electrons. The molecule has 1 aromatic heterocycles. The van der Waals surface area contributed by atoms with Gasteiger partial charge in [-0.15, -0.1) is 0 Å². The van der Waals surface area contributed by atoms with Crippen LogP contribution < -0.4 is 10.2 Å². The number of rotatable bonds is 5. The van der Waals surface area contributed by atoms with Crippen LogP contribution in [-0.4, -0.2) is 17.9 Å². The SMILES string of the molecule is CN(Cc1ccccc1)c1ccc(NC(=O)c2ccccc2Cl)cn1. The van der Waals surface area contributed by atoms with Crippen LogP contribution in [0.5, 0.6) is 0 Å². The Morgan fingerprint density at radius 2 is 1.76 bits per heavy atom. The van der Waals surface area contributed by atoms with Crippen molar-refractivity contribution in [3.05, 3.63) is 89.1 Å². The highest BCUT2D eigenvalue weighted by Crippen LogP contribution is 2.19. The van der Waals surface area contributed by atoms with Crippen LogP contribution in [0.4, 0.5) is 11.5 Å². The van der Waals surface area contributed by atoms with Gasteiger partial charge in [0, 0.05) is 13.6 Å². The van der Waals surface area contributed by atoms with Crippen molar-refractivity contribution in [1.29, 1.82) is 0 Å². The molecule has 0 atom stereocenters. The van der Waals surface area contributed by atoms with Crippen LogP contribution in [0.3, 0.4) is 0 Å². The summed E-state index contributed by atoms with van der Waals surface area (Å²) in [6.45, 7) is 0.763. The van der Waals surface area contributed by atoms with Gasteiger partial charge < -0.3 is 10.2 Å². The predicted molar refractivity (Wildman–Crippen MR) is 102 cm³/mol. The number of anilines is 2. The average Bonchev–Trinajstić information content (AvgIpc) is 2.63. The summed E-state index contributed by atoms with van der Waals surface area (Å²) in [6, 6.07) is 20.8. The lowest BCUT2D eigenvalue weighted by Crippen LogP contribution is -2.18. The summed E-state index contributed by atoms with van der Waals surface area (Å²) in [7, 11) is 1.98. The molecular formula is C20H18ClN3O. The van der Waals surface area contributed by atoms with Crippen molar-refractivity contribution >= 4 is 29.0 Å². The minimum atomic E-state index is -0.252. The number of nitrogens with one attached hydrogen (secondary N) is 1. The molecule has 0 unspecified atom stereocenters. The lowest BCUT2D eigenvalue weighted by Gasteiger charge is -2.18. The number of aromatic nitrogens is 1. The van der Waals surface area contributed by atoms with E-state index in [9.17, 15) is 4.79 Å². The summed E-state index contributed by atoms with van der Waals surface area (Å²) < 4.78 is 0. The second-order valence-electron chi connectivity index (χ2n) is 5.68. The van der Waals surface area contributed by atoms with Crippen molar-refractivity contribution in [3.8, 4) is 0 Å². The monoisotopic (exact) mass is 351 g/mol. The number of hydrogen-bond acceptors (Lipinski definition) is 3. The Kier molecular flexibility index (Phi) is 5.31. The average molecular weight is 352 g/mol. The molecular weight excluding hydrogens is 334 g/mol. The van der Waals surface area contributed by atoms with Crippen LogP contribution in [0.2, 0.25) is 5.02 Å². The zero-order valence-electron chi connectivity index (χ0n) is 13.8. The largest absolute Gasteiger partial charge is 0.355 e. The lowest BCUT2D eigenvalue weighted by atomic mass is 10.2. The number of carbonyl (C=O) groups is 1. The van der Waals surface area contributed by atoms with E-state index in [4.69, 9.17) is 11.6 Å². The molecule has 1 N–H and O–H groups in total. The number of nitrogens with zero attached hydrogens (tertiary/aromatic N) is 2. The normalized spacial score (nSPS) is 10.3. The molecule has 0 saturated carbocycles. The Morgan fingerprint density at radius 3 is 2.44 bits per heavy atom. The topological polar surface area (TPSA) is 45.2 Å². The number of carbonyl (C=O) groups excluding carboxylic acids is 1. The quantitative estimate of drug-likeness (QED) is 0.729. The third-order valence-corrected chi connectivity index (χ3v) is 4.11. The standard InChI is InChI=1S/C20H18ClN3O/c1-24(14-15-7-3-2-4-8-15)19-12-11-16(13-22-19)23-20(25)17-9-5-6-10-18(17)21/h2-13H,14H2,1H3,(H,23,25). The first-order chi connectivity index (χ1) is 12.1. The van der Waals surface area contributed by atoms with Gasteiger partial charge in [0.15, 0.2) is 0 Å². The van der Waals surface area contributed by atoms with Crippen molar-refractivity contribution < 1.29 is 4.79 Å². The molecule has 0 aliphatic heterocycles. The minimum absolute atomic E-state index is 0.252. The van der Waals surface area contributed by atoms with E-state index in [2.05, 4.69) is 27.3 Å². The Morgan fingerprint density at radius 1 is 1.04 bits per heavy atom. The van der Waals surface area contributed by atoms with Crippen molar-refractivity contribution in [2.75, 3.05) is 17.3 Å². The zero-order valence-corrected chi connectivity index (χ0v) is 14.6. The van der Waals surface area contributed by atoms with Crippen LogP contribution in [-0.2, 0) is 6.54 Å². The maximum atomic E-state index is 12.3. The Bertz CT molecular complexity index is 850. The number of amides is 1. The fraction of sp³-hybridized carbons (Fsp3) is 0.100. The second kappa shape index (κ2) is 7.81. The Balaban J connectivity index is 1.66. The van der Waals surface area contributed by atoms with Crippen LogP contribution >= 0.6 is 11.6 Å². The van der Waals surface area contributed by atoms with E-state index in [1.165, 1.54) is 5.56 Å². The summed E-state index contributed by atoms with van der Waals surface area (Å²) in [5.74, 6) is 0.581. The predicted octanol–water partition coefficient (Wildman–Crippen LogP) is 4.62. The van der Waals surface area contributed by atoms with Gasteiger partial charge in [-0.3, -0.25) is 4.79 Å². The van der Waals surface area contributed by atoms with Gasteiger partial charge >= 0.3 is 0 Å². The second-order valence-corrected chi connectivity index (χ2v) is 6.09. The molecule has 5 heteroatoms. The Hall–Kier alpha value is -2.85. The van der Waals surface area contributed by atoms with Crippen LogP contribution in [0.25, 0.3) is 0 Å². The van der Waals surface area contributed by atoms with E-state index in [1.54, 1.807) is 30.5 Å². The van der Waals surface area contributed by atoms with Crippen LogP contribution in [0.1, 0.15) is 15.9 Å². The molecule has 0 radical (unpaired) electrons. The summed E-state index contributed by atoms with van der Waals surface area (Å²) in [4.78, 5) is 18.7. The minimum Gasteiger partial charge on any atom is -0.355 e. The smallest absolute Gasteiger partial charge is 0.257 e. The summed E-state index contributed by atoms with van der Waals surface area (Å²) in [6.07, 6.45) is 1.64. The fourth-order valence-electron chi connectivity index (χ4n) is 2.47. The number of pyridine rings is 1. The van der Waals surface area contributed by atoms with Gasteiger partial charge in [-0.1, -0.05) is 54.1 Å². The van der Waals surface area contributed by atoms with Crippen molar-refractivity contribution in [1.82, 2.24) is 4.98 Å². The molecule has 2 aromatic carbocycles. The van der Waals surface area contributed by atoms with E-state index >= 15 is 0 Å². The first kappa shape index (κ1) is 17.0. The van der Waals surface area contributed by atoms with E-state index in [-0.39, 0.29) is 5.91 Å². The zero-order chi connectivity index (χ0) is 17.6. The third-order valence-electron chi connectivity index (χ3n) is 3.78. The van der Waals surface area contributed by atoms with Gasteiger partial charge in [0.1, 0.15) is 5.82 Å². The summed E-state index contributed by atoms with van der Waals surface area (Å²) in [5.41, 5.74) is 2.28. The van der Waals surface area contributed by atoms with Crippen LogP contribution in [0.15, 0.2) is 72.9 Å². The van der Waals surface area contributed by atoms with Gasteiger partial charge in [0.25, 0.3) is 5.91 Å². The third kappa shape index (κ3) is 4.37.